The first-order chi connectivity index (χ1) is 8.62. The molecule has 1 amide bonds. The molecule has 4 nitrogen and oxygen atoms in total. The van der Waals surface area contributed by atoms with E-state index in [0.29, 0.717) is 5.56 Å². The largest absolute Gasteiger partial charge is 0.361 e. The molecule has 0 fully saturated rings. The van der Waals surface area contributed by atoms with Gasteiger partial charge in [0.05, 0.1) is 17.8 Å². The molecule has 0 bridgehead atoms. The Kier molecular flexibility index (Phi) is 5.66. The van der Waals surface area contributed by atoms with Gasteiger partial charge in [0.2, 0.25) is 5.91 Å². The number of amides is 1. The van der Waals surface area contributed by atoms with Crippen LogP contribution in [0.4, 0.5) is 5.69 Å². The van der Waals surface area contributed by atoms with Crippen molar-refractivity contribution < 1.29 is 4.79 Å². The van der Waals surface area contributed by atoms with Gasteiger partial charge in [0.25, 0.3) is 0 Å². The number of carbonyl (C=O) groups is 1. The number of rotatable bonds is 5. The molecule has 0 radical (unpaired) electrons. The fourth-order valence-corrected chi connectivity index (χ4v) is 2.04. The maximum Gasteiger partial charge on any atom is 0.239 e. The highest BCUT2D eigenvalue weighted by atomic mass is 79.9. The third-order valence-electron chi connectivity index (χ3n) is 2.53. The molecular weight excluding hydrogens is 294 g/mol. The monoisotopic (exact) mass is 309 g/mol. The summed E-state index contributed by atoms with van der Waals surface area (Å²) < 4.78 is 0.860. The van der Waals surface area contributed by atoms with Gasteiger partial charge in [-0.15, -0.1) is 0 Å². The minimum atomic E-state index is -0.0599. The first-order valence-corrected chi connectivity index (χ1v) is 6.56. The number of nitriles is 1. The Bertz CT molecular complexity index is 468. The molecule has 1 rings (SSSR count). The molecule has 0 aliphatic heterocycles. The van der Waals surface area contributed by atoms with Crippen molar-refractivity contribution in [2.75, 3.05) is 25.0 Å². The van der Waals surface area contributed by atoms with Gasteiger partial charge in [-0.05, 0) is 24.6 Å². The third-order valence-corrected chi connectivity index (χ3v) is 3.02. The maximum absolute atomic E-state index is 11.5. The van der Waals surface area contributed by atoms with Crippen molar-refractivity contribution in [3.05, 3.63) is 28.2 Å². The summed E-state index contributed by atoms with van der Waals surface area (Å²) in [5.41, 5.74) is 1.37. The molecule has 96 valence electrons. The number of carbonyl (C=O) groups excluding carboxylic acids is 1. The molecule has 0 spiro atoms. The van der Waals surface area contributed by atoms with E-state index in [0.717, 1.165) is 23.1 Å². The van der Waals surface area contributed by atoms with Gasteiger partial charge in [0.15, 0.2) is 0 Å². The van der Waals surface area contributed by atoms with Crippen LogP contribution in [-0.2, 0) is 4.79 Å². The van der Waals surface area contributed by atoms with Gasteiger partial charge in [-0.25, -0.2) is 0 Å². The fraction of sp³-hybridized carbons (Fsp3) is 0.385. The molecule has 0 saturated heterocycles. The highest BCUT2D eigenvalue weighted by Gasteiger charge is 2.13. The normalized spacial score (nSPS) is 9.67. The lowest BCUT2D eigenvalue weighted by Gasteiger charge is -2.24. The van der Waals surface area contributed by atoms with E-state index >= 15 is 0 Å². The summed E-state index contributed by atoms with van der Waals surface area (Å²) in [5.74, 6) is -0.0599. The lowest BCUT2D eigenvalue weighted by Crippen LogP contribution is -2.36. The Morgan fingerprint density at radius 2 is 2.28 bits per heavy atom. The van der Waals surface area contributed by atoms with Crippen molar-refractivity contribution in [1.29, 1.82) is 5.26 Å². The molecular formula is C13H16BrN3O. The second kappa shape index (κ2) is 7.02. The summed E-state index contributed by atoms with van der Waals surface area (Å²) in [6, 6.07) is 7.67. The zero-order valence-electron chi connectivity index (χ0n) is 10.5. The molecule has 1 aromatic rings. The second-order valence-corrected chi connectivity index (χ2v) is 4.78. The van der Waals surface area contributed by atoms with Gasteiger partial charge in [0, 0.05) is 18.1 Å². The number of likely N-dealkylation sites (N-methyl/N-ethyl adjacent to an activating group) is 1. The molecule has 0 saturated carbocycles. The number of benzene rings is 1. The first-order valence-electron chi connectivity index (χ1n) is 5.77. The molecule has 18 heavy (non-hydrogen) atoms. The number of hydrogen-bond donors (Lipinski definition) is 1. The SMILES string of the molecule is CCCN(CC(=O)NC)c1ccc(Br)cc1C#N. The standard InChI is InChI=1S/C13H16BrN3O/c1-3-6-17(9-13(18)16-2)12-5-4-11(14)7-10(12)8-15/h4-5,7H,3,6,9H2,1-2H3,(H,16,18). The minimum Gasteiger partial charge on any atom is -0.361 e. The van der Waals surface area contributed by atoms with E-state index in [-0.39, 0.29) is 12.5 Å². The van der Waals surface area contributed by atoms with Crippen LogP contribution in [0.2, 0.25) is 0 Å². The van der Waals surface area contributed by atoms with Crippen LogP contribution < -0.4 is 10.2 Å². The highest BCUT2D eigenvalue weighted by Crippen LogP contribution is 2.24. The van der Waals surface area contributed by atoms with Crippen molar-refractivity contribution in [1.82, 2.24) is 5.32 Å². The number of halogens is 1. The van der Waals surface area contributed by atoms with Crippen LogP contribution in [0.25, 0.3) is 0 Å². The fourth-order valence-electron chi connectivity index (χ4n) is 1.68. The van der Waals surface area contributed by atoms with E-state index < -0.39 is 0 Å². The van der Waals surface area contributed by atoms with E-state index in [2.05, 4.69) is 27.3 Å². The van der Waals surface area contributed by atoms with Gasteiger partial charge in [-0.2, -0.15) is 5.26 Å². The van der Waals surface area contributed by atoms with E-state index in [4.69, 9.17) is 5.26 Å². The lowest BCUT2D eigenvalue weighted by atomic mass is 10.1. The van der Waals surface area contributed by atoms with E-state index in [1.807, 2.05) is 24.0 Å². The molecule has 1 aromatic carbocycles. The summed E-state index contributed by atoms with van der Waals surface area (Å²) in [4.78, 5) is 13.4. The topological polar surface area (TPSA) is 56.1 Å². The average molecular weight is 310 g/mol. The average Bonchev–Trinajstić information content (AvgIpc) is 2.37. The molecule has 0 aliphatic rings. The van der Waals surface area contributed by atoms with Crippen molar-refractivity contribution in [2.45, 2.75) is 13.3 Å². The van der Waals surface area contributed by atoms with E-state index in [1.165, 1.54) is 0 Å². The number of hydrogen-bond acceptors (Lipinski definition) is 3. The molecule has 0 unspecified atom stereocenters. The predicted octanol–water partition coefficient (Wildman–Crippen LogP) is 2.28. The highest BCUT2D eigenvalue weighted by molar-refractivity contribution is 9.10. The summed E-state index contributed by atoms with van der Waals surface area (Å²) in [7, 11) is 1.61. The van der Waals surface area contributed by atoms with Crippen LogP contribution in [0.3, 0.4) is 0 Å². The Labute approximate surface area is 116 Å². The predicted molar refractivity (Wildman–Crippen MR) is 75.4 cm³/mol. The van der Waals surface area contributed by atoms with Gasteiger partial charge in [-0.3, -0.25) is 4.79 Å². The van der Waals surface area contributed by atoms with Crippen LogP contribution in [0.1, 0.15) is 18.9 Å². The van der Waals surface area contributed by atoms with Crippen LogP contribution >= 0.6 is 15.9 Å². The Morgan fingerprint density at radius 3 is 2.83 bits per heavy atom. The van der Waals surface area contributed by atoms with Gasteiger partial charge < -0.3 is 10.2 Å². The van der Waals surface area contributed by atoms with Gasteiger partial charge >= 0.3 is 0 Å². The first kappa shape index (κ1) is 14.5. The number of nitrogens with one attached hydrogen (secondary N) is 1. The third kappa shape index (κ3) is 3.74. The molecule has 0 heterocycles. The van der Waals surface area contributed by atoms with E-state index in [9.17, 15) is 4.79 Å². The molecule has 0 aliphatic carbocycles. The van der Waals surface area contributed by atoms with Crippen molar-refractivity contribution in [2.24, 2.45) is 0 Å². The Balaban J connectivity index is 3.05. The Hall–Kier alpha value is -1.54. The zero-order valence-corrected chi connectivity index (χ0v) is 12.1. The van der Waals surface area contributed by atoms with E-state index in [1.54, 1.807) is 13.1 Å². The Morgan fingerprint density at radius 1 is 1.56 bits per heavy atom. The lowest BCUT2D eigenvalue weighted by molar-refractivity contribution is -0.119. The summed E-state index contributed by atoms with van der Waals surface area (Å²) >= 11 is 3.34. The van der Waals surface area contributed by atoms with Crippen LogP contribution in [0.5, 0.6) is 0 Å². The van der Waals surface area contributed by atoms with Crippen LogP contribution in [0, 0.1) is 11.3 Å². The quantitative estimate of drug-likeness (QED) is 0.908. The second-order valence-electron chi connectivity index (χ2n) is 3.87. The van der Waals surface area contributed by atoms with Crippen molar-refractivity contribution in [3.8, 4) is 6.07 Å². The number of nitrogens with zero attached hydrogens (tertiary/aromatic N) is 2. The maximum atomic E-state index is 11.5. The number of anilines is 1. The summed E-state index contributed by atoms with van der Waals surface area (Å²) in [6.45, 7) is 3.05. The van der Waals surface area contributed by atoms with Crippen LogP contribution in [-0.4, -0.2) is 26.0 Å². The molecule has 5 heteroatoms. The van der Waals surface area contributed by atoms with Crippen molar-refractivity contribution >= 4 is 27.5 Å². The summed E-state index contributed by atoms with van der Waals surface area (Å²) in [6.07, 6.45) is 0.915. The smallest absolute Gasteiger partial charge is 0.239 e. The van der Waals surface area contributed by atoms with Crippen molar-refractivity contribution in [3.63, 3.8) is 0 Å². The molecule has 0 aromatic heterocycles. The minimum absolute atomic E-state index is 0.0599. The zero-order chi connectivity index (χ0) is 13.5. The molecule has 0 atom stereocenters. The summed E-state index contributed by atoms with van der Waals surface area (Å²) in [5, 5.41) is 11.8. The van der Waals surface area contributed by atoms with Gasteiger partial charge in [0.1, 0.15) is 6.07 Å². The van der Waals surface area contributed by atoms with Crippen LogP contribution in [0.15, 0.2) is 22.7 Å². The van der Waals surface area contributed by atoms with Gasteiger partial charge in [-0.1, -0.05) is 22.9 Å². The molecule has 1 N–H and O–H groups in total.